The summed E-state index contributed by atoms with van der Waals surface area (Å²) in [4.78, 5) is 26.5. The largest absolute Gasteiger partial charge is 0.463 e. The Morgan fingerprint density at radius 1 is 1.19 bits per heavy atom. The summed E-state index contributed by atoms with van der Waals surface area (Å²) in [5, 5.41) is 4.24. The number of amides is 1. The van der Waals surface area contributed by atoms with Crippen LogP contribution < -0.4 is 5.56 Å². The quantitative estimate of drug-likeness (QED) is 0.749. The second-order valence-corrected chi connectivity index (χ2v) is 8.12. The minimum atomic E-state index is -3.27. The van der Waals surface area contributed by atoms with Crippen molar-refractivity contribution in [1.29, 1.82) is 0 Å². The number of hydrogen-bond donors (Lipinski definition) is 0. The van der Waals surface area contributed by atoms with Crippen molar-refractivity contribution in [3.05, 3.63) is 40.9 Å². The molecule has 3 heterocycles. The summed E-state index contributed by atoms with van der Waals surface area (Å²) in [7, 11) is -3.27. The fourth-order valence-corrected chi connectivity index (χ4v) is 3.69. The summed E-state index contributed by atoms with van der Waals surface area (Å²) in [5.74, 6) is 0.226. The number of furan rings is 1. The molecule has 2 aromatic rings. The lowest BCUT2D eigenvalue weighted by molar-refractivity contribution is -0.135. The maximum Gasteiger partial charge on any atom is 0.267 e. The smallest absolute Gasteiger partial charge is 0.267 e. The number of hydrogen-bond acceptors (Lipinski definition) is 6. The number of sulfonamides is 1. The molecule has 0 aliphatic carbocycles. The minimum Gasteiger partial charge on any atom is -0.463 e. The number of rotatable bonds is 4. The summed E-state index contributed by atoms with van der Waals surface area (Å²) in [6.45, 7) is 2.65. The van der Waals surface area contributed by atoms with Gasteiger partial charge in [0, 0.05) is 32.2 Å². The number of aromatic nitrogens is 2. The Labute approximate surface area is 150 Å². The minimum absolute atomic E-state index is 0.242. The maximum absolute atomic E-state index is 12.7. The second-order valence-electron chi connectivity index (χ2n) is 6.14. The van der Waals surface area contributed by atoms with Gasteiger partial charge in [-0.15, -0.1) is 0 Å². The van der Waals surface area contributed by atoms with Crippen molar-refractivity contribution >= 4 is 15.9 Å². The molecule has 10 heteroatoms. The van der Waals surface area contributed by atoms with Crippen molar-refractivity contribution in [3.8, 4) is 11.5 Å². The molecule has 1 saturated heterocycles. The van der Waals surface area contributed by atoms with Crippen LogP contribution in [-0.4, -0.2) is 65.7 Å². The molecule has 0 N–H and O–H groups in total. The Hall–Kier alpha value is -2.46. The fraction of sp³-hybridized carbons (Fsp3) is 0.438. The second kappa shape index (κ2) is 7.04. The van der Waals surface area contributed by atoms with E-state index in [1.165, 1.54) is 16.6 Å². The van der Waals surface area contributed by atoms with Crippen molar-refractivity contribution in [1.82, 2.24) is 19.0 Å². The molecule has 26 heavy (non-hydrogen) atoms. The van der Waals surface area contributed by atoms with Crippen molar-refractivity contribution in [3.63, 3.8) is 0 Å². The van der Waals surface area contributed by atoms with Crippen molar-refractivity contribution < 1.29 is 17.6 Å². The van der Waals surface area contributed by atoms with E-state index < -0.39 is 21.6 Å². The van der Waals surface area contributed by atoms with Crippen molar-refractivity contribution in [2.24, 2.45) is 0 Å². The summed E-state index contributed by atoms with van der Waals surface area (Å²) < 4.78 is 30.9. The van der Waals surface area contributed by atoms with Gasteiger partial charge in [0.05, 0.1) is 12.5 Å². The third-order valence-corrected chi connectivity index (χ3v) is 5.65. The van der Waals surface area contributed by atoms with Gasteiger partial charge in [-0.1, -0.05) is 0 Å². The zero-order valence-electron chi connectivity index (χ0n) is 14.5. The molecule has 1 atom stereocenters. The highest BCUT2D eigenvalue weighted by Gasteiger charge is 2.29. The van der Waals surface area contributed by atoms with Crippen LogP contribution >= 0.6 is 0 Å². The molecule has 0 unspecified atom stereocenters. The highest BCUT2D eigenvalue weighted by molar-refractivity contribution is 7.88. The predicted molar refractivity (Wildman–Crippen MR) is 93.9 cm³/mol. The molecule has 3 rings (SSSR count). The van der Waals surface area contributed by atoms with E-state index in [0.29, 0.717) is 11.5 Å². The summed E-state index contributed by atoms with van der Waals surface area (Å²) in [6, 6.07) is 5.51. The third kappa shape index (κ3) is 3.70. The fourth-order valence-electron chi connectivity index (χ4n) is 2.87. The van der Waals surface area contributed by atoms with Gasteiger partial charge in [-0.3, -0.25) is 9.59 Å². The average Bonchev–Trinajstić information content (AvgIpc) is 3.15. The van der Waals surface area contributed by atoms with Gasteiger partial charge in [0.2, 0.25) is 15.9 Å². The Morgan fingerprint density at radius 2 is 1.88 bits per heavy atom. The van der Waals surface area contributed by atoms with Gasteiger partial charge in [-0.05, 0) is 25.1 Å². The van der Waals surface area contributed by atoms with Crippen LogP contribution in [0.5, 0.6) is 0 Å². The van der Waals surface area contributed by atoms with Gasteiger partial charge in [0.1, 0.15) is 11.7 Å². The SMILES string of the molecule is C[C@@H](C(=O)N1CCN(S(C)(=O)=O)CC1)n1nc(-c2ccco2)ccc1=O. The van der Waals surface area contributed by atoms with Crippen LogP contribution in [0.15, 0.2) is 39.7 Å². The van der Waals surface area contributed by atoms with E-state index in [2.05, 4.69) is 5.10 Å². The van der Waals surface area contributed by atoms with Gasteiger partial charge in [0.15, 0.2) is 5.76 Å². The number of piperazine rings is 1. The first-order chi connectivity index (χ1) is 12.3. The molecule has 0 aromatic carbocycles. The third-order valence-electron chi connectivity index (χ3n) is 4.34. The molecule has 0 saturated carbocycles. The molecule has 1 amide bonds. The Bertz CT molecular complexity index is 943. The van der Waals surface area contributed by atoms with Gasteiger partial charge in [0.25, 0.3) is 5.56 Å². The van der Waals surface area contributed by atoms with E-state index in [4.69, 9.17) is 4.42 Å². The van der Waals surface area contributed by atoms with Gasteiger partial charge < -0.3 is 9.32 Å². The first-order valence-electron chi connectivity index (χ1n) is 8.15. The standard InChI is InChI=1S/C16H20N4O5S/c1-12(16(22)18-7-9-19(10-8-18)26(2,23)24)20-15(21)6-5-13(17-20)14-4-3-11-25-14/h3-6,11-12H,7-10H2,1-2H3/t12-/m0/s1. The van der Waals surface area contributed by atoms with Crippen LogP contribution in [0.25, 0.3) is 11.5 Å². The number of carbonyl (C=O) groups excluding carboxylic acids is 1. The van der Waals surface area contributed by atoms with Gasteiger partial charge in [-0.2, -0.15) is 9.40 Å². The average molecular weight is 380 g/mol. The summed E-state index contributed by atoms with van der Waals surface area (Å²) >= 11 is 0. The highest BCUT2D eigenvalue weighted by atomic mass is 32.2. The molecule has 1 aliphatic rings. The first kappa shape index (κ1) is 18.3. The van der Waals surface area contributed by atoms with E-state index >= 15 is 0 Å². The molecular formula is C16H20N4O5S. The monoisotopic (exact) mass is 380 g/mol. The van der Waals surface area contributed by atoms with E-state index in [1.807, 2.05) is 0 Å². The zero-order valence-corrected chi connectivity index (χ0v) is 15.3. The normalized spacial score (nSPS) is 17.2. The molecule has 9 nitrogen and oxygen atoms in total. The van der Waals surface area contributed by atoms with Crippen molar-refractivity contribution in [2.45, 2.75) is 13.0 Å². The van der Waals surface area contributed by atoms with E-state index in [1.54, 1.807) is 30.0 Å². The van der Waals surface area contributed by atoms with E-state index in [9.17, 15) is 18.0 Å². The molecule has 0 radical (unpaired) electrons. The van der Waals surface area contributed by atoms with Crippen LogP contribution in [0.1, 0.15) is 13.0 Å². The van der Waals surface area contributed by atoms with Crippen LogP contribution in [0.2, 0.25) is 0 Å². The Balaban J connectivity index is 1.77. The van der Waals surface area contributed by atoms with Crippen LogP contribution in [0.4, 0.5) is 0 Å². The van der Waals surface area contributed by atoms with Crippen LogP contribution in [-0.2, 0) is 14.8 Å². The topological polar surface area (TPSA) is 106 Å². The lowest BCUT2D eigenvalue weighted by atomic mass is 10.2. The van der Waals surface area contributed by atoms with Gasteiger partial charge >= 0.3 is 0 Å². The molecule has 2 aromatic heterocycles. The number of nitrogens with zero attached hydrogens (tertiary/aromatic N) is 4. The summed E-state index contributed by atoms with van der Waals surface area (Å²) in [6.07, 6.45) is 2.65. The molecule has 1 aliphatic heterocycles. The highest BCUT2D eigenvalue weighted by Crippen LogP contribution is 2.17. The predicted octanol–water partition coefficient (Wildman–Crippen LogP) is 0.168. The molecule has 0 spiro atoms. The zero-order chi connectivity index (χ0) is 18.9. The van der Waals surface area contributed by atoms with Crippen LogP contribution in [0, 0.1) is 0 Å². The van der Waals surface area contributed by atoms with Gasteiger partial charge in [-0.25, -0.2) is 13.1 Å². The molecule has 1 fully saturated rings. The van der Waals surface area contributed by atoms with E-state index in [-0.39, 0.29) is 32.1 Å². The molecule has 0 bridgehead atoms. The maximum atomic E-state index is 12.7. The molecule has 140 valence electrons. The van der Waals surface area contributed by atoms with Crippen molar-refractivity contribution in [2.75, 3.05) is 32.4 Å². The van der Waals surface area contributed by atoms with Crippen LogP contribution in [0.3, 0.4) is 0 Å². The lowest BCUT2D eigenvalue weighted by Gasteiger charge is -2.34. The number of carbonyl (C=O) groups is 1. The molecular weight excluding hydrogens is 360 g/mol. The Kier molecular flexibility index (Phi) is 4.97. The Morgan fingerprint density at radius 3 is 2.46 bits per heavy atom. The summed E-state index contributed by atoms with van der Waals surface area (Å²) in [5.41, 5.74) is 0.0621. The first-order valence-corrected chi connectivity index (χ1v) is 10.00. The lowest BCUT2D eigenvalue weighted by Crippen LogP contribution is -2.52. The van der Waals surface area contributed by atoms with E-state index in [0.717, 1.165) is 10.9 Å².